The molecule has 0 aliphatic carbocycles. The zero-order valence-electron chi connectivity index (χ0n) is 7.68. The van der Waals surface area contributed by atoms with E-state index in [0.29, 0.717) is 0 Å². The van der Waals surface area contributed by atoms with Crippen molar-refractivity contribution >= 4 is 5.97 Å². The summed E-state index contributed by atoms with van der Waals surface area (Å²) in [5.74, 6) is -0.990. The second-order valence-corrected chi connectivity index (χ2v) is 2.67. The zero-order valence-corrected chi connectivity index (χ0v) is 7.68. The lowest BCUT2D eigenvalue weighted by Crippen LogP contribution is -1.97. The molecular formula is C10H12N2O2. The summed E-state index contributed by atoms with van der Waals surface area (Å²) in [7, 11) is 0. The Hall–Kier alpha value is -1.84. The molecular weight excluding hydrogens is 180 g/mol. The van der Waals surface area contributed by atoms with Gasteiger partial charge in [0.05, 0.1) is 0 Å². The summed E-state index contributed by atoms with van der Waals surface area (Å²) >= 11 is 0. The molecule has 0 unspecified atom stereocenters. The van der Waals surface area contributed by atoms with Gasteiger partial charge in [-0.3, -0.25) is 0 Å². The van der Waals surface area contributed by atoms with E-state index in [4.69, 9.17) is 5.11 Å². The van der Waals surface area contributed by atoms with E-state index in [1.807, 2.05) is 6.20 Å². The molecule has 1 aliphatic rings. The van der Waals surface area contributed by atoms with E-state index in [1.54, 1.807) is 12.1 Å². The normalized spacial score (nSPS) is 12.6. The molecule has 1 aromatic heterocycles. The van der Waals surface area contributed by atoms with Gasteiger partial charge in [-0.2, -0.15) is 0 Å². The monoisotopic (exact) mass is 192 g/mol. The molecule has 0 bridgehead atoms. The standard InChI is InChI=1S/C6H5NO2.C4H7N/c8-6(9)5-3-1-2-4-7-5;1-2-4-5-3-1/h1-4H,(H,8,9);1,3,5H,2,4H2. The third-order valence-corrected chi connectivity index (χ3v) is 1.58. The molecule has 0 saturated carbocycles. The molecule has 4 heteroatoms. The van der Waals surface area contributed by atoms with Crippen molar-refractivity contribution in [1.82, 2.24) is 10.3 Å². The van der Waals surface area contributed by atoms with Crippen LogP contribution in [-0.2, 0) is 0 Å². The Kier molecular flexibility index (Phi) is 4.20. The van der Waals surface area contributed by atoms with E-state index >= 15 is 0 Å². The third kappa shape index (κ3) is 3.71. The lowest BCUT2D eigenvalue weighted by Gasteiger charge is -1.87. The quantitative estimate of drug-likeness (QED) is 0.703. The van der Waals surface area contributed by atoms with Gasteiger partial charge in [-0.05, 0) is 24.8 Å². The van der Waals surface area contributed by atoms with Crippen LogP contribution in [-0.4, -0.2) is 22.6 Å². The summed E-state index contributed by atoms with van der Waals surface area (Å²) in [5.41, 5.74) is 0.0810. The number of carbonyl (C=O) groups is 1. The van der Waals surface area contributed by atoms with Gasteiger partial charge in [0.25, 0.3) is 0 Å². The van der Waals surface area contributed by atoms with Crippen LogP contribution in [0.5, 0.6) is 0 Å². The number of aromatic carboxylic acids is 1. The highest BCUT2D eigenvalue weighted by Crippen LogP contribution is 1.90. The van der Waals surface area contributed by atoms with Crippen LogP contribution in [0.1, 0.15) is 16.9 Å². The Labute approximate surface area is 82.3 Å². The molecule has 0 amide bonds. The van der Waals surface area contributed by atoms with Gasteiger partial charge in [-0.15, -0.1) is 0 Å². The Bertz CT molecular complexity index is 303. The van der Waals surface area contributed by atoms with Gasteiger partial charge in [0.15, 0.2) is 0 Å². The number of nitrogens with zero attached hydrogens (tertiary/aromatic N) is 1. The maximum absolute atomic E-state index is 10.1. The predicted molar refractivity (Wildman–Crippen MR) is 53.0 cm³/mol. The van der Waals surface area contributed by atoms with Crippen LogP contribution >= 0.6 is 0 Å². The van der Waals surface area contributed by atoms with Crippen molar-refractivity contribution in [1.29, 1.82) is 0 Å². The van der Waals surface area contributed by atoms with Crippen molar-refractivity contribution < 1.29 is 9.90 Å². The Balaban J connectivity index is 0.000000165. The average Bonchev–Trinajstić information content (AvgIpc) is 2.77. The fourth-order valence-electron chi connectivity index (χ4n) is 0.906. The van der Waals surface area contributed by atoms with E-state index < -0.39 is 5.97 Å². The molecule has 0 saturated heterocycles. The lowest BCUT2D eigenvalue weighted by molar-refractivity contribution is 0.0690. The van der Waals surface area contributed by atoms with Gasteiger partial charge < -0.3 is 10.4 Å². The number of pyridine rings is 1. The first kappa shape index (κ1) is 10.2. The second kappa shape index (κ2) is 5.75. The SMILES string of the molecule is C1=CNCC1.O=C(O)c1ccccn1. The lowest BCUT2D eigenvalue weighted by atomic mass is 10.4. The molecule has 4 nitrogen and oxygen atoms in total. The van der Waals surface area contributed by atoms with Gasteiger partial charge in [0.2, 0.25) is 0 Å². The van der Waals surface area contributed by atoms with E-state index in [-0.39, 0.29) is 5.69 Å². The smallest absolute Gasteiger partial charge is 0.354 e. The molecule has 2 heterocycles. The Morgan fingerprint density at radius 3 is 2.64 bits per heavy atom. The topological polar surface area (TPSA) is 62.2 Å². The summed E-state index contributed by atoms with van der Waals surface area (Å²) in [6.45, 7) is 1.14. The number of aromatic nitrogens is 1. The first-order valence-electron chi connectivity index (χ1n) is 4.33. The number of rotatable bonds is 1. The highest BCUT2D eigenvalue weighted by Gasteiger charge is 1.98. The number of hydrogen-bond donors (Lipinski definition) is 2. The first-order chi connectivity index (χ1) is 6.80. The van der Waals surface area contributed by atoms with Crippen LogP contribution in [0.2, 0.25) is 0 Å². The highest BCUT2D eigenvalue weighted by molar-refractivity contribution is 5.85. The average molecular weight is 192 g/mol. The molecule has 0 radical (unpaired) electrons. The van der Waals surface area contributed by atoms with E-state index in [9.17, 15) is 4.79 Å². The molecule has 14 heavy (non-hydrogen) atoms. The molecule has 0 spiro atoms. The van der Waals surface area contributed by atoms with Crippen LogP contribution in [0.15, 0.2) is 36.7 Å². The van der Waals surface area contributed by atoms with Crippen LogP contribution in [0, 0.1) is 0 Å². The summed E-state index contributed by atoms with van der Waals surface area (Å²) in [6, 6.07) is 4.76. The maximum atomic E-state index is 10.1. The summed E-state index contributed by atoms with van der Waals surface area (Å²) < 4.78 is 0. The molecule has 74 valence electrons. The van der Waals surface area contributed by atoms with Crippen molar-refractivity contribution in [2.75, 3.05) is 6.54 Å². The fourth-order valence-corrected chi connectivity index (χ4v) is 0.906. The maximum Gasteiger partial charge on any atom is 0.354 e. The second-order valence-electron chi connectivity index (χ2n) is 2.67. The summed E-state index contributed by atoms with van der Waals surface area (Å²) in [6.07, 6.45) is 6.77. The van der Waals surface area contributed by atoms with E-state index in [1.165, 1.54) is 18.7 Å². The van der Waals surface area contributed by atoms with Gasteiger partial charge in [-0.1, -0.05) is 12.1 Å². The molecule has 0 fully saturated rings. The van der Waals surface area contributed by atoms with E-state index in [0.717, 1.165) is 6.54 Å². The van der Waals surface area contributed by atoms with Crippen molar-refractivity contribution in [2.45, 2.75) is 6.42 Å². The summed E-state index contributed by atoms with van der Waals surface area (Å²) in [4.78, 5) is 13.7. The van der Waals surface area contributed by atoms with Gasteiger partial charge in [0, 0.05) is 12.7 Å². The van der Waals surface area contributed by atoms with Gasteiger partial charge >= 0.3 is 5.97 Å². The fraction of sp³-hybridized carbons (Fsp3) is 0.200. The van der Waals surface area contributed by atoms with Gasteiger partial charge in [0.1, 0.15) is 5.69 Å². The number of carboxylic acid groups (broad SMARTS) is 1. The Morgan fingerprint density at radius 2 is 2.36 bits per heavy atom. The molecule has 0 aromatic carbocycles. The minimum atomic E-state index is -0.990. The highest BCUT2D eigenvalue weighted by atomic mass is 16.4. The van der Waals surface area contributed by atoms with Crippen LogP contribution in [0.4, 0.5) is 0 Å². The van der Waals surface area contributed by atoms with Crippen molar-refractivity contribution in [3.8, 4) is 0 Å². The van der Waals surface area contributed by atoms with Crippen LogP contribution < -0.4 is 5.32 Å². The Morgan fingerprint density at radius 1 is 1.50 bits per heavy atom. The van der Waals surface area contributed by atoms with Crippen molar-refractivity contribution in [3.63, 3.8) is 0 Å². The minimum Gasteiger partial charge on any atom is -0.477 e. The van der Waals surface area contributed by atoms with Crippen molar-refractivity contribution in [3.05, 3.63) is 42.4 Å². The van der Waals surface area contributed by atoms with Crippen LogP contribution in [0.3, 0.4) is 0 Å². The summed E-state index contributed by atoms with van der Waals surface area (Å²) in [5, 5.41) is 11.4. The third-order valence-electron chi connectivity index (χ3n) is 1.58. The number of carboxylic acids is 1. The van der Waals surface area contributed by atoms with Crippen molar-refractivity contribution in [2.24, 2.45) is 0 Å². The zero-order chi connectivity index (χ0) is 10.2. The van der Waals surface area contributed by atoms with Gasteiger partial charge in [-0.25, -0.2) is 9.78 Å². The first-order valence-corrected chi connectivity index (χ1v) is 4.33. The number of nitrogens with one attached hydrogen (secondary N) is 1. The molecule has 2 N–H and O–H groups in total. The molecule has 1 aromatic rings. The minimum absolute atomic E-state index is 0.0810. The molecule has 2 rings (SSSR count). The van der Waals surface area contributed by atoms with E-state index in [2.05, 4.69) is 16.4 Å². The number of hydrogen-bond acceptors (Lipinski definition) is 3. The van der Waals surface area contributed by atoms with Crippen LogP contribution in [0.25, 0.3) is 0 Å². The largest absolute Gasteiger partial charge is 0.477 e. The predicted octanol–water partition coefficient (Wildman–Crippen LogP) is 1.27. The molecule has 0 atom stereocenters. The molecule has 1 aliphatic heterocycles.